The molecule has 0 bridgehead atoms. The van der Waals surface area contributed by atoms with Crippen molar-refractivity contribution >= 4 is 23.1 Å². The van der Waals surface area contributed by atoms with Crippen molar-refractivity contribution in [3.8, 4) is 22.9 Å². The summed E-state index contributed by atoms with van der Waals surface area (Å²) >= 11 is 0. The number of carboxylic acid groups (broad SMARTS) is 1. The van der Waals surface area contributed by atoms with Gasteiger partial charge < -0.3 is 9.67 Å². The van der Waals surface area contributed by atoms with Gasteiger partial charge in [-0.2, -0.15) is 5.26 Å². The molecule has 0 aliphatic carbocycles. The standard InChI is InChI=1S/C28H24N4O2/c1-17-12-22(8-11-31-17)32-24-14-21-16-30-15-20(21)13-23(24)25(26(32)28(2,3)9-10-29)18-4-6-19(7-5-18)27(33)34/h4-8,11-14,16H,9,15H2,1-3H3,(H,33,34). The number of hydrogen-bond donors (Lipinski definition) is 1. The smallest absolute Gasteiger partial charge is 0.335 e. The number of benzene rings is 2. The lowest BCUT2D eigenvalue weighted by molar-refractivity contribution is 0.0697. The molecule has 2 aromatic carbocycles. The maximum absolute atomic E-state index is 11.5. The van der Waals surface area contributed by atoms with E-state index in [9.17, 15) is 15.2 Å². The van der Waals surface area contributed by atoms with Crippen LogP contribution in [0.1, 0.15) is 53.1 Å². The minimum Gasteiger partial charge on any atom is -0.478 e. The fourth-order valence-electron chi connectivity index (χ4n) is 4.83. The topological polar surface area (TPSA) is 91.3 Å². The molecule has 0 amide bonds. The van der Waals surface area contributed by atoms with E-state index in [2.05, 4.69) is 46.6 Å². The Bertz CT molecular complexity index is 1520. The third-order valence-corrected chi connectivity index (χ3v) is 6.44. The quantitative estimate of drug-likeness (QED) is 0.416. The molecule has 3 heterocycles. The second-order valence-electron chi connectivity index (χ2n) is 9.35. The van der Waals surface area contributed by atoms with Crippen LogP contribution in [0.5, 0.6) is 0 Å². The van der Waals surface area contributed by atoms with E-state index < -0.39 is 11.4 Å². The first-order valence-corrected chi connectivity index (χ1v) is 11.2. The molecule has 0 spiro atoms. The van der Waals surface area contributed by atoms with Crippen molar-refractivity contribution in [2.45, 2.75) is 39.2 Å². The van der Waals surface area contributed by atoms with E-state index in [-0.39, 0.29) is 5.56 Å². The molecular formula is C28H24N4O2. The Morgan fingerprint density at radius 2 is 1.94 bits per heavy atom. The van der Waals surface area contributed by atoms with Crippen molar-refractivity contribution in [1.82, 2.24) is 9.55 Å². The minimum absolute atomic E-state index is 0.240. The van der Waals surface area contributed by atoms with Gasteiger partial charge in [-0.3, -0.25) is 9.98 Å². The van der Waals surface area contributed by atoms with Crippen LogP contribution in [-0.4, -0.2) is 26.8 Å². The number of aromatic nitrogens is 2. The second-order valence-corrected chi connectivity index (χ2v) is 9.35. The van der Waals surface area contributed by atoms with Gasteiger partial charge in [0.25, 0.3) is 0 Å². The number of carboxylic acids is 1. The average Bonchev–Trinajstić information content (AvgIpc) is 3.39. The van der Waals surface area contributed by atoms with Crippen LogP contribution >= 0.6 is 0 Å². The summed E-state index contributed by atoms with van der Waals surface area (Å²) in [6.07, 6.45) is 4.04. The predicted molar refractivity (Wildman–Crippen MR) is 133 cm³/mol. The number of nitriles is 1. The molecule has 6 nitrogen and oxygen atoms in total. The lowest BCUT2D eigenvalue weighted by atomic mass is 9.81. The number of aryl methyl sites for hydroxylation is 1. The van der Waals surface area contributed by atoms with E-state index in [0.29, 0.717) is 13.0 Å². The molecule has 0 radical (unpaired) electrons. The SMILES string of the molecule is Cc1cc(-n2c(C(C)(C)CC#N)c(-c3ccc(C(=O)O)cc3)c3cc4c(cc32)C=NC4)ccn1. The molecule has 5 rings (SSSR count). The Hall–Kier alpha value is -4.24. The molecule has 0 unspecified atom stereocenters. The van der Waals surface area contributed by atoms with Gasteiger partial charge in [-0.25, -0.2) is 4.79 Å². The van der Waals surface area contributed by atoms with Crippen molar-refractivity contribution in [3.05, 3.63) is 82.8 Å². The Morgan fingerprint density at radius 1 is 1.18 bits per heavy atom. The zero-order valence-electron chi connectivity index (χ0n) is 19.3. The van der Waals surface area contributed by atoms with Crippen LogP contribution in [0.15, 0.2) is 59.7 Å². The molecule has 1 aliphatic heterocycles. The van der Waals surface area contributed by atoms with E-state index in [1.165, 1.54) is 0 Å². The highest BCUT2D eigenvalue weighted by atomic mass is 16.4. The summed E-state index contributed by atoms with van der Waals surface area (Å²) in [5.41, 5.74) is 7.84. The molecule has 34 heavy (non-hydrogen) atoms. The summed E-state index contributed by atoms with van der Waals surface area (Å²) in [7, 11) is 0. The first-order chi connectivity index (χ1) is 16.3. The molecule has 0 saturated heterocycles. The molecule has 0 saturated carbocycles. The summed E-state index contributed by atoms with van der Waals surface area (Å²) in [6.45, 7) is 6.77. The normalized spacial score (nSPS) is 12.6. The average molecular weight is 449 g/mol. The number of pyridine rings is 1. The van der Waals surface area contributed by atoms with E-state index in [1.54, 1.807) is 18.3 Å². The fourth-order valence-corrected chi connectivity index (χ4v) is 4.83. The Labute approximate surface area is 197 Å². The van der Waals surface area contributed by atoms with Crippen molar-refractivity contribution in [3.63, 3.8) is 0 Å². The van der Waals surface area contributed by atoms with Crippen LogP contribution in [0.2, 0.25) is 0 Å². The van der Waals surface area contributed by atoms with Crippen LogP contribution in [0.3, 0.4) is 0 Å². The zero-order chi connectivity index (χ0) is 24.0. The number of aromatic carboxylic acids is 1. The zero-order valence-corrected chi connectivity index (χ0v) is 19.3. The van der Waals surface area contributed by atoms with Crippen LogP contribution < -0.4 is 0 Å². The highest BCUT2D eigenvalue weighted by Crippen LogP contribution is 2.45. The largest absolute Gasteiger partial charge is 0.478 e. The number of fused-ring (bicyclic) bond motifs is 2. The van der Waals surface area contributed by atoms with Crippen LogP contribution in [-0.2, 0) is 12.0 Å². The Morgan fingerprint density at radius 3 is 2.62 bits per heavy atom. The van der Waals surface area contributed by atoms with E-state index in [0.717, 1.165) is 50.2 Å². The molecule has 1 N–H and O–H groups in total. The highest BCUT2D eigenvalue weighted by molar-refractivity contribution is 6.03. The molecular weight excluding hydrogens is 424 g/mol. The molecule has 6 heteroatoms. The first-order valence-electron chi connectivity index (χ1n) is 11.2. The van der Waals surface area contributed by atoms with Crippen molar-refractivity contribution in [2.24, 2.45) is 4.99 Å². The number of rotatable bonds is 5. The lowest BCUT2D eigenvalue weighted by Crippen LogP contribution is -2.22. The van der Waals surface area contributed by atoms with Gasteiger partial charge in [0.1, 0.15) is 0 Å². The monoisotopic (exact) mass is 448 g/mol. The Balaban J connectivity index is 1.93. The Kier molecular flexibility index (Phi) is 5.06. The summed E-state index contributed by atoms with van der Waals surface area (Å²) in [6, 6.07) is 17.7. The van der Waals surface area contributed by atoms with Crippen molar-refractivity contribution in [2.75, 3.05) is 0 Å². The van der Waals surface area contributed by atoms with Gasteiger partial charge in [0.2, 0.25) is 0 Å². The lowest BCUT2D eigenvalue weighted by Gasteiger charge is -2.26. The van der Waals surface area contributed by atoms with Gasteiger partial charge in [0.05, 0.1) is 23.7 Å². The number of carbonyl (C=O) groups is 1. The summed E-state index contributed by atoms with van der Waals surface area (Å²) < 4.78 is 2.23. The first kappa shape index (κ1) is 21.6. The van der Waals surface area contributed by atoms with Gasteiger partial charge in [0, 0.05) is 52.3 Å². The number of nitrogens with zero attached hydrogens (tertiary/aromatic N) is 4. The van der Waals surface area contributed by atoms with Gasteiger partial charge in [-0.05, 0) is 60.0 Å². The molecule has 0 fully saturated rings. The van der Waals surface area contributed by atoms with Crippen molar-refractivity contribution < 1.29 is 9.90 Å². The van der Waals surface area contributed by atoms with Crippen LogP contribution in [0.4, 0.5) is 0 Å². The predicted octanol–water partition coefficient (Wildman–Crippen LogP) is 5.82. The summed E-state index contributed by atoms with van der Waals surface area (Å²) in [4.78, 5) is 20.3. The van der Waals surface area contributed by atoms with E-state index >= 15 is 0 Å². The minimum atomic E-state index is -0.957. The van der Waals surface area contributed by atoms with E-state index in [1.807, 2.05) is 37.4 Å². The van der Waals surface area contributed by atoms with Gasteiger partial charge in [0.15, 0.2) is 0 Å². The second kappa shape index (κ2) is 7.96. The van der Waals surface area contributed by atoms with Crippen molar-refractivity contribution in [1.29, 1.82) is 5.26 Å². The maximum atomic E-state index is 11.5. The molecule has 1 aliphatic rings. The van der Waals surface area contributed by atoms with Gasteiger partial charge in [-0.15, -0.1) is 0 Å². The van der Waals surface area contributed by atoms with Crippen LogP contribution in [0, 0.1) is 18.3 Å². The third kappa shape index (κ3) is 3.46. The summed E-state index contributed by atoms with van der Waals surface area (Å²) in [5.74, 6) is -0.957. The van der Waals surface area contributed by atoms with E-state index in [4.69, 9.17) is 0 Å². The maximum Gasteiger partial charge on any atom is 0.335 e. The molecule has 2 aromatic heterocycles. The highest BCUT2D eigenvalue weighted by Gasteiger charge is 2.32. The summed E-state index contributed by atoms with van der Waals surface area (Å²) in [5, 5.41) is 20.1. The van der Waals surface area contributed by atoms with Crippen LogP contribution in [0.25, 0.3) is 27.7 Å². The number of aliphatic imine (C=N–C) groups is 1. The third-order valence-electron chi connectivity index (χ3n) is 6.44. The molecule has 4 aromatic rings. The molecule has 0 atom stereocenters. The fraction of sp³-hybridized carbons (Fsp3) is 0.214. The van der Waals surface area contributed by atoms with Gasteiger partial charge >= 0.3 is 5.97 Å². The molecule has 168 valence electrons. The number of hydrogen-bond acceptors (Lipinski definition) is 4. The van der Waals surface area contributed by atoms with Gasteiger partial charge in [-0.1, -0.05) is 26.0 Å².